The molecule has 3 nitrogen and oxygen atoms in total. The van der Waals surface area contributed by atoms with Crippen LogP contribution in [0.2, 0.25) is 0 Å². The average Bonchev–Trinajstić information content (AvgIpc) is 2.45. The zero-order valence-corrected chi connectivity index (χ0v) is 12.3. The van der Waals surface area contributed by atoms with Crippen molar-refractivity contribution < 1.29 is 9.18 Å². The number of carbonyl (C=O) groups excluding carboxylic acids is 1. The van der Waals surface area contributed by atoms with Crippen molar-refractivity contribution in [3.8, 4) is 0 Å². The Morgan fingerprint density at radius 1 is 1.40 bits per heavy atom. The Balaban J connectivity index is 1.84. The summed E-state index contributed by atoms with van der Waals surface area (Å²) in [6.07, 6.45) is 6.65. The largest absolute Gasteiger partial charge is 0.303 e. The molecule has 0 aliphatic heterocycles. The second-order valence-electron chi connectivity index (χ2n) is 5.84. The zero-order valence-electron chi connectivity index (χ0n) is 12.3. The highest BCUT2D eigenvalue weighted by molar-refractivity contribution is 5.94. The summed E-state index contributed by atoms with van der Waals surface area (Å²) in [6, 6.07) is 3.33. The number of carbonyl (C=O) groups is 1. The quantitative estimate of drug-likeness (QED) is 0.775. The Morgan fingerprint density at radius 3 is 2.80 bits per heavy atom. The van der Waals surface area contributed by atoms with Crippen molar-refractivity contribution in [2.75, 3.05) is 13.6 Å². The number of Topliss-reactive ketones (excluding diaryl/α,β-unsaturated/α-hetero) is 1. The highest BCUT2D eigenvalue weighted by atomic mass is 19.1. The van der Waals surface area contributed by atoms with Gasteiger partial charge in [0.25, 0.3) is 0 Å². The first-order chi connectivity index (χ1) is 9.58. The predicted octanol–water partition coefficient (Wildman–Crippen LogP) is 3.30. The van der Waals surface area contributed by atoms with Crippen molar-refractivity contribution in [1.82, 2.24) is 9.88 Å². The summed E-state index contributed by atoms with van der Waals surface area (Å²) in [4.78, 5) is 18.2. The number of halogens is 1. The van der Waals surface area contributed by atoms with Gasteiger partial charge in [0.15, 0.2) is 5.78 Å². The smallest absolute Gasteiger partial charge is 0.182 e. The van der Waals surface area contributed by atoms with Crippen LogP contribution in [-0.2, 0) is 0 Å². The number of hydrogen-bond donors (Lipinski definition) is 0. The zero-order chi connectivity index (χ0) is 14.5. The molecule has 1 aromatic rings. The third-order valence-electron chi connectivity index (χ3n) is 4.34. The number of aromatic nitrogens is 1. The molecule has 20 heavy (non-hydrogen) atoms. The van der Waals surface area contributed by atoms with E-state index in [9.17, 15) is 9.18 Å². The molecule has 1 aliphatic carbocycles. The molecule has 1 saturated carbocycles. The van der Waals surface area contributed by atoms with Gasteiger partial charge in [-0.1, -0.05) is 19.8 Å². The number of hydrogen-bond acceptors (Lipinski definition) is 3. The van der Waals surface area contributed by atoms with Gasteiger partial charge in [-0.25, -0.2) is 4.39 Å². The van der Waals surface area contributed by atoms with Crippen LogP contribution in [0.15, 0.2) is 18.3 Å². The standard InChI is InChI=1S/C16H23FN2O/c1-12-5-3-4-6-15(12)19(2)10-9-16(20)14-8-7-13(17)11-18-14/h7-8,11-12,15H,3-6,9-10H2,1-2H3. The Bertz CT molecular complexity index is 446. The van der Waals surface area contributed by atoms with Crippen LogP contribution in [0.1, 0.15) is 49.5 Å². The third kappa shape index (κ3) is 3.85. The maximum atomic E-state index is 12.8. The van der Waals surface area contributed by atoms with Gasteiger partial charge in [-0.2, -0.15) is 0 Å². The maximum Gasteiger partial charge on any atom is 0.182 e. The molecule has 0 spiro atoms. The molecule has 110 valence electrons. The molecule has 0 aromatic carbocycles. The fraction of sp³-hybridized carbons (Fsp3) is 0.625. The van der Waals surface area contributed by atoms with E-state index in [-0.39, 0.29) is 5.78 Å². The van der Waals surface area contributed by atoms with Crippen LogP contribution in [0, 0.1) is 11.7 Å². The topological polar surface area (TPSA) is 33.2 Å². The van der Waals surface area contributed by atoms with E-state index in [1.54, 1.807) is 0 Å². The average molecular weight is 278 g/mol. The first kappa shape index (κ1) is 15.1. The lowest BCUT2D eigenvalue weighted by Crippen LogP contribution is -2.39. The minimum atomic E-state index is -0.408. The van der Waals surface area contributed by atoms with Crippen LogP contribution in [0.4, 0.5) is 4.39 Å². The molecule has 0 saturated heterocycles. The fourth-order valence-corrected chi connectivity index (χ4v) is 3.06. The van der Waals surface area contributed by atoms with Gasteiger partial charge < -0.3 is 4.90 Å². The Hall–Kier alpha value is -1.29. The van der Waals surface area contributed by atoms with Crippen molar-refractivity contribution >= 4 is 5.78 Å². The maximum absolute atomic E-state index is 12.8. The van der Waals surface area contributed by atoms with Crippen LogP contribution in [0.5, 0.6) is 0 Å². The van der Waals surface area contributed by atoms with Gasteiger partial charge in [0.2, 0.25) is 0 Å². The summed E-state index contributed by atoms with van der Waals surface area (Å²) in [6.45, 7) is 3.04. The summed E-state index contributed by atoms with van der Waals surface area (Å²) in [5.74, 6) is 0.280. The molecule has 1 fully saturated rings. The third-order valence-corrected chi connectivity index (χ3v) is 4.34. The fourth-order valence-electron chi connectivity index (χ4n) is 3.06. The molecule has 1 heterocycles. The molecule has 1 aromatic heterocycles. The molecule has 0 amide bonds. The molecule has 2 unspecified atom stereocenters. The van der Waals surface area contributed by atoms with Crippen LogP contribution in [-0.4, -0.2) is 35.3 Å². The Morgan fingerprint density at radius 2 is 2.15 bits per heavy atom. The van der Waals surface area contributed by atoms with E-state index >= 15 is 0 Å². The van der Waals surface area contributed by atoms with E-state index < -0.39 is 5.82 Å². The van der Waals surface area contributed by atoms with Crippen molar-refractivity contribution in [3.63, 3.8) is 0 Å². The van der Waals surface area contributed by atoms with Crippen LogP contribution in [0.25, 0.3) is 0 Å². The Labute approximate surface area is 120 Å². The van der Waals surface area contributed by atoms with E-state index in [4.69, 9.17) is 0 Å². The van der Waals surface area contributed by atoms with Gasteiger partial charge in [0.1, 0.15) is 11.5 Å². The van der Waals surface area contributed by atoms with Gasteiger partial charge >= 0.3 is 0 Å². The normalized spacial score (nSPS) is 23.0. The summed E-state index contributed by atoms with van der Waals surface area (Å²) in [7, 11) is 2.10. The van der Waals surface area contributed by atoms with Crippen molar-refractivity contribution in [3.05, 3.63) is 29.8 Å². The van der Waals surface area contributed by atoms with Gasteiger partial charge in [0, 0.05) is 19.0 Å². The molecule has 0 bridgehead atoms. The second kappa shape index (κ2) is 6.93. The lowest BCUT2D eigenvalue weighted by atomic mass is 9.85. The number of ketones is 1. The highest BCUT2D eigenvalue weighted by Gasteiger charge is 2.25. The van der Waals surface area contributed by atoms with E-state index in [0.717, 1.165) is 12.7 Å². The van der Waals surface area contributed by atoms with Crippen LogP contribution >= 0.6 is 0 Å². The minimum absolute atomic E-state index is 0.0136. The first-order valence-corrected chi connectivity index (χ1v) is 7.43. The number of nitrogens with zero attached hydrogens (tertiary/aromatic N) is 2. The highest BCUT2D eigenvalue weighted by Crippen LogP contribution is 2.27. The van der Waals surface area contributed by atoms with E-state index in [2.05, 4.69) is 23.9 Å². The summed E-state index contributed by atoms with van der Waals surface area (Å²) in [5.41, 5.74) is 0.358. The number of pyridine rings is 1. The van der Waals surface area contributed by atoms with Gasteiger partial charge in [-0.15, -0.1) is 0 Å². The predicted molar refractivity (Wildman–Crippen MR) is 77.2 cm³/mol. The molecule has 2 atom stereocenters. The summed E-state index contributed by atoms with van der Waals surface area (Å²) in [5, 5.41) is 0. The van der Waals surface area contributed by atoms with Crippen molar-refractivity contribution in [1.29, 1.82) is 0 Å². The molecular formula is C16H23FN2O. The van der Waals surface area contributed by atoms with Crippen LogP contribution < -0.4 is 0 Å². The second-order valence-corrected chi connectivity index (χ2v) is 5.84. The van der Waals surface area contributed by atoms with Gasteiger partial charge in [0.05, 0.1) is 6.20 Å². The molecule has 1 aliphatic rings. The lowest BCUT2D eigenvalue weighted by molar-refractivity contribution is 0.0923. The van der Waals surface area contributed by atoms with Crippen LogP contribution in [0.3, 0.4) is 0 Å². The Kier molecular flexibility index (Phi) is 5.24. The number of rotatable bonds is 5. The van der Waals surface area contributed by atoms with E-state index in [0.29, 0.717) is 24.1 Å². The van der Waals surface area contributed by atoms with Gasteiger partial charge in [-0.3, -0.25) is 9.78 Å². The van der Waals surface area contributed by atoms with Crippen molar-refractivity contribution in [2.45, 2.75) is 45.1 Å². The van der Waals surface area contributed by atoms with E-state index in [1.165, 1.54) is 37.8 Å². The first-order valence-electron chi connectivity index (χ1n) is 7.43. The molecule has 2 rings (SSSR count). The molecular weight excluding hydrogens is 255 g/mol. The van der Waals surface area contributed by atoms with E-state index in [1.807, 2.05) is 0 Å². The van der Waals surface area contributed by atoms with Crippen molar-refractivity contribution in [2.24, 2.45) is 5.92 Å². The summed E-state index contributed by atoms with van der Waals surface area (Å²) < 4.78 is 12.8. The molecule has 0 N–H and O–H groups in total. The lowest BCUT2D eigenvalue weighted by Gasteiger charge is -2.36. The molecule has 0 radical (unpaired) electrons. The summed E-state index contributed by atoms with van der Waals surface area (Å²) >= 11 is 0. The molecule has 4 heteroatoms. The SMILES string of the molecule is CC1CCCCC1N(C)CCC(=O)c1ccc(F)cn1. The monoisotopic (exact) mass is 278 g/mol. The van der Waals surface area contributed by atoms with Gasteiger partial charge in [-0.05, 0) is 37.9 Å². The minimum Gasteiger partial charge on any atom is -0.303 e.